The molecule has 0 radical (unpaired) electrons. The Labute approximate surface area is 92.8 Å². The van der Waals surface area contributed by atoms with Crippen molar-refractivity contribution in [2.75, 3.05) is 6.54 Å². The van der Waals surface area contributed by atoms with E-state index in [1.165, 1.54) is 12.8 Å². The number of carbonyl (C=O) groups is 1. The van der Waals surface area contributed by atoms with Gasteiger partial charge in [-0.25, -0.2) is 0 Å². The first-order valence-electron chi connectivity index (χ1n) is 6.17. The Kier molecular flexibility index (Phi) is 5.09. The molecular formula is C12H24N2O. The van der Waals surface area contributed by atoms with Gasteiger partial charge in [0.25, 0.3) is 0 Å². The molecule has 3 nitrogen and oxygen atoms in total. The van der Waals surface area contributed by atoms with E-state index < -0.39 is 0 Å². The zero-order chi connectivity index (χ0) is 11.3. The Hall–Kier alpha value is -0.570. The van der Waals surface area contributed by atoms with Crippen molar-refractivity contribution in [1.82, 2.24) is 5.32 Å². The van der Waals surface area contributed by atoms with Crippen LogP contribution in [0.3, 0.4) is 0 Å². The summed E-state index contributed by atoms with van der Waals surface area (Å²) in [5, 5.41) is 3.13. The van der Waals surface area contributed by atoms with Crippen molar-refractivity contribution in [1.29, 1.82) is 0 Å². The largest absolute Gasteiger partial charge is 0.353 e. The van der Waals surface area contributed by atoms with Crippen molar-refractivity contribution in [3.05, 3.63) is 0 Å². The number of nitrogens with one attached hydrogen (secondary N) is 1. The van der Waals surface area contributed by atoms with Gasteiger partial charge in [-0.1, -0.05) is 26.7 Å². The molecule has 0 heterocycles. The number of hydrogen-bond donors (Lipinski definition) is 2. The van der Waals surface area contributed by atoms with Crippen LogP contribution in [-0.2, 0) is 4.79 Å². The third-order valence-corrected chi connectivity index (χ3v) is 3.20. The Morgan fingerprint density at radius 3 is 2.67 bits per heavy atom. The molecule has 15 heavy (non-hydrogen) atoms. The molecule has 1 rings (SSSR count). The van der Waals surface area contributed by atoms with Crippen LogP contribution >= 0.6 is 0 Å². The molecule has 1 amide bonds. The van der Waals surface area contributed by atoms with Gasteiger partial charge in [0.2, 0.25) is 5.91 Å². The highest BCUT2D eigenvalue weighted by Crippen LogP contribution is 2.34. The molecule has 0 aliphatic heterocycles. The Balaban J connectivity index is 2.25. The molecule has 1 aliphatic rings. The maximum atomic E-state index is 11.7. The number of hydrogen-bond acceptors (Lipinski definition) is 2. The molecule has 0 aromatic rings. The lowest BCUT2D eigenvalue weighted by atomic mass is 10.0. The van der Waals surface area contributed by atoms with Gasteiger partial charge in [-0.15, -0.1) is 0 Å². The molecule has 0 aromatic heterocycles. The van der Waals surface area contributed by atoms with E-state index >= 15 is 0 Å². The molecule has 0 bridgehead atoms. The normalized spacial score (nSPS) is 19.7. The predicted molar refractivity (Wildman–Crippen MR) is 62.4 cm³/mol. The van der Waals surface area contributed by atoms with E-state index in [0.717, 1.165) is 25.2 Å². The summed E-state index contributed by atoms with van der Waals surface area (Å²) >= 11 is 0. The second-order valence-electron chi connectivity index (χ2n) is 4.77. The number of carbonyl (C=O) groups excluding carboxylic acids is 1. The van der Waals surface area contributed by atoms with Crippen LogP contribution in [0.2, 0.25) is 0 Å². The van der Waals surface area contributed by atoms with Crippen LogP contribution in [0.1, 0.15) is 46.0 Å². The first-order valence-corrected chi connectivity index (χ1v) is 6.17. The summed E-state index contributed by atoms with van der Waals surface area (Å²) in [6.07, 6.45) is 5.69. The van der Waals surface area contributed by atoms with Crippen molar-refractivity contribution >= 4 is 5.91 Å². The molecule has 88 valence electrons. The summed E-state index contributed by atoms with van der Waals surface area (Å²) in [6.45, 7) is 4.68. The summed E-state index contributed by atoms with van der Waals surface area (Å²) < 4.78 is 0. The minimum Gasteiger partial charge on any atom is -0.353 e. The van der Waals surface area contributed by atoms with Crippen LogP contribution in [-0.4, -0.2) is 18.5 Å². The molecule has 3 heteroatoms. The van der Waals surface area contributed by atoms with Crippen molar-refractivity contribution in [2.45, 2.75) is 52.0 Å². The molecule has 1 fully saturated rings. The zero-order valence-corrected chi connectivity index (χ0v) is 9.96. The quantitative estimate of drug-likeness (QED) is 0.674. The van der Waals surface area contributed by atoms with Crippen LogP contribution in [0, 0.1) is 11.8 Å². The fraction of sp³-hybridized carbons (Fsp3) is 0.917. The summed E-state index contributed by atoms with van der Waals surface area (Å²) in [7, 11) is 0. The van der Waals surface area contributed by atoms with E-state index in [0.29, 0.717) is 12.6 Å². The molecule has 3 N–H and O–H groups in total. The average molecular weight is 212 g/mol. The van der Waals surface area contributed by atoms with Gasteiger partial charge in [-0.05, 0) is 31.7 Å². The molecule has 0 aromatic carbocycles. The Morgan fingerprint density at radius 2 is 2.20 bits per heavy atom. The van der Waals surface area contributed by atoms with E-state index in [1.807, 2.05) is 6.92 Å². The van der Waals surface area contributed by atoms with Crippen molar-refractivity contribution in [3.63, 3.8) is 0 Å². The van der Waals surface area contributed by atoms with Crippen molar-refractivity contribution in [3.8, 4) is 0 Å². The topological polar surface area (TPSA) is 55.1 Å². The summed E-state index contributed by atoms with van der Waals surface area (Å²) in [5.74, 6) is 1.11. The van der Waals surface area contributed by atoms with Gasteiger partial charge in [0.05, 0.1) is 0 Å². The average Bonchev–Trinajstić information content (AvgIpc) is 3.00. The van der Waals surface area contributed by atoms with Crippen LogP contribution in [0.15, 0.2) is 0 Å². The van der Waals surface area contributed by atoms with Gasteiger partial charge in [-0.3, -0.25) is 4.79 Å². The third-order valence-electron chi connectivity index (χ3n) is 3.20. The van der Waals surface area contributed by atoms with Gasteiger partial charge in [0, 0.05) is 12.0 Å². The minimum atomic E-state index is 0.0586. The lowest BCUT2D eigenvalue weighted by Crippen LogP contribution is -2.38. The molecule has 1 aliphatic carbocycles. The summed E-state index contributed by atoms with van der Waals surface area (Å²) in [4.78, 5) is 11.7. The SMILES string of the molecule is CCC(CC1CC1)NC(=O)C(C)CCN. The molecule has 1 saturated carbocycles. The van der Waals surface area contributed by atoms with Crippen molar-refractivity contribution in [2.24, 2.45) is 17.6 Å². The number of nitrogens with two attached hydrogens (primary N) is 1. The predicted octanol–water partition coefficient (Wildman–Crippen LogP) is 1.67. The highest BCUT2D eigenvalue weighted by Gasteiger charge is 2.26. The third kappa shape index (κ3) is 4.65. The fourth-order valence-electron chi connectivity index (χ4n) is 1.81. The molecule has 0 saturated heterocycles. The second-order valence-corrected chi connectivity index (χ2v) is 4.77. The van der Waals surface area contributed by atoms with Crippen LogP contribution in [0.4, 0.5) is 0 Å². The molecule has 2 unspecified atom stereocenters. The van der Waals surface area contributed by atoms with Gasteiger partial charge < -0.3 is 11.1 Å². The van der Waals surface area contributed by atoms with Gasteiger partial charge >= 0.3 is 0 Å². The number of amides is 1. The van der Waals surface area contributed by atoms with Gasteiger partial charge in [0.1, 0.15) is 0 Å². The molecule has 2 atom stereocenters. The number of rotatable bonds is 7. The monoisotopic (exact) mass is 212 g/mol. The van der Waals surface area contributed by atoms with Gasteiger partial charge in [0.15, 0.2) is 0 Å². The van der Waals surface area contributed by atoms with E-state index in [4.69, 9.17) is 5.73 Å². The first kappa shape index (κ1) is 12.5. The summed E-state index contributed by atoms with van der Waals surface area (Å²) in [6, 6.07) is 0.380. The fourth-order valence-corrected chi connectivity index (χ4v) is 1.81. The lowest BCUT2D eigenvalue weighted by molar-refractivity contribution is -0.125. The lowest BCUT2D eigenvalue weighted by Gasteiger charge is -2.19. The molecule has 0 spiro atoms. The van der Waals surface area contributed by atoms with E-state index in [9.17, 15) is 4.79 Å². The van der Waals surface area contributed by atoms with E-state index in [2.05, 4.69) is 12.2 Å². The maximum absolute atomic E-state index is 11.7. The van der Waals surface area contributed by atoms with Crippen LogP contribution in [0.25, 0.3) is 0 Å². The maximum Gasteiger partial charge on any atom is 0.223 e. The summed E-state index contributed by atoms with van der Waals surface area (Å²) in [5.41, 5.74) is 5.44. The molecular weight excluding hydrogens is 188 g/mol. The standard InChI is InChI=1S/C12H24N2O/c1-3-11(8-10-4-5-10)14-12(15)9(2)6-7-13/h9-11H,3-8,13H2,1-2H3,(H,14,15). The van der Waals surface area contributed by atoms with Crippen molar-refractivity contribution < 1.29 is 4.79 Å². The van der Waals surface area contributed by atoms with E-state index in [1.54, 1.807) is 0 Å². The van der Waals surface area contributed by atoms with E-state index in [-0.39, 0.29) is 11.8 Å². The Bertz CT molecular complexity index is 202. The second kappa shape index (κ2) is 6.11. The Morgan fingerprint density at radius 1 is 1.53 bits per heavy atom. The zero-order valence-electron chi connectivity index (χ0n) is 9.96. The van der Waals surface area contributed by atoms with Gasteiger partial charge in [-0.2, -0.15) is 0 Å². The minimum absolute atomic E-state index is 0.0586. The van der Waals surface area contributed by atoms with Crippen LogP contribution < -0.4 is 11.1 Å². The highest BCUT2D eigenvalue weighted by atomic mass is 16.1. The highest BCUT2D eigenvalue weighted by molar-refractivity contribution is 5.78. The smallest absolute Gasteiger partial charge is 0.223 e. The van der Waals surface area contributed by atoms with Crippen LogP contribution in [0.5, 0.6) is 0 Å². The first-order chi connectivity index (χ1) is 7.17.